The summed E-state index contributed by atoms with van der Waals surface area (Å²) in [4.78, 5) is 9.07. The minimum Gasteiger partial charge on any atom is -0.347 e. The largest absolute Gasteiger partial charge is 0.347 e. The number of aromatic amines is 1. The van der Waals surface area contributed by atoms with Crippen LogP contribution in [0.4, 0.5) is 5.95 Å². The van der Waals surface area contributed by atoms with Crippen molar-refractivity contribution in [2.75, 3.05) is 5.32 Å². The van der Waals surface area contributed by atoms with Gasteiger partial charge in [0.05, 0.1) is 17.4 Å². The number of hydrogen-bond donors (Lipinski definition) is 2. The Labute approximate surface area is 142 Å². The highest BCUT2D eigenvalue weighted by Gasteiger charge is 2.15. The second kappa shape index (κ2) is 7.25. The molecule has 1 aromatic carbocycles. The Balaban J connectivity index is 1.86. The predicted octanol–water partition coefficient (Wildman–Crippen LogP) is 4.55. The molecule has 0 aliphatic carbocycles. The third kappa shape index (κ3) is 3.45. The summed E-state index contributed by atoms with van der Waals surface area (Å²) < 4.78 is 0. The van der Waals surface area contributed by atoms with Gasteiger partial charge in [-0.25, -0.2) is 9.97 Å². The number of H-pyrrole nitrogens is 1. The second-order valence-corrected chi connectivity index (χ2v) is 6.12. The third-order valence-corrected chi connectivity index (χ3v) is 4.06. The summed E-state index contributed by atoms with van der Waals surface area (Å²) in [6.07, 6.45) is 4.65. The van der Waals surface area contributed by atoms with Gasteiger partial charge in [-0.15, -0.1) is 0 Å². The van der Waals surface area contributed by atoms with Gasteiger partial charge in [-0.05, 0) is 24.0 Å². The number of nitrogens with zero attached hydrogens (tertiary/aromatic N) is 3. The summed E-state index contributed by atoms with van der Waals surface area (Å²) in [6.45, 7) is 6.41. The van der Waals surface area contributed by atoms with Crippen LogP contribution >= 0.6 is 0 Å². The van der Waals surface area contributed by atoms with Crippen molar-refractivity contribution in [3.8, 4) is 11.3 Å². The molecule has 0 radical (unpaired) electrons. The van der Waals surface area contributed by atoms with E-state index in [1.165, 1.54) is 5.56 Å². The number of aromatic nitrogens is 4. The normalized spacial score (nSPS) is 12.3. The van der Waals surface area contributed by atoms with E-state index in [1.54, 1.807) is 6.20 Å². The zero-order valence-corrected chi connectivity index (χ0v) is 14.3. The number of rotatable bonds is 6. The topological polar surface area (TPSA) is 66.5 Å². The van der Waals surface area contributed by atoms with Gasteiger partial charge in [0.25, 0.3) is 0 Å². The van der Waals surface area contributed by atoms with Crippen molar-refractivity contribution in [2.24, 2.45) is 0 Å². The van der Waals surface area contributed by atoms with Gasteiger partial charge >= 0.3 is 0 Å². The standard InChI is InChI=1S/C19H23N5/c1-4-16(14-8-6-5-7-9-14)22-19-20-11-10-17(23-19)15-12-21-24-18(15)13(2)3/h5-13,16H,4H2,1-3H3,(H,21,24)(H,20,22,23). The minimum atomic E-state index is 0.190. The molecule has 0 aliphatic rings. The summed E-state index contributed by atoms with van der Waals surface area (Å²) >= 11 is 0. The van der Waals surface area contributed by atoms with E-state index in [2.05, 4.69) is 70.5 Å². The first-order chi connectivity index (χ1) is 11.7. The van der Waals surface area contributed by atoms with Gasteiger partial charge in [0, 0.05) is 18.0 Å². The summed E-state index contributed by atoms with van der Waals surface area (Å²) in [5.41, 5.74) is 4.17. The number of anilines is 1. The fourth-order valence-electron chi connectivity index (χ4n) is 2.79. The molecule has 0 amide bonds. The molecule has 0 saturated heterocycles. The summed E-state index contributed by atoms with van der Waals surface area (Å²) in [6, 6.07) is 12.5. The molecular weight excluding hydrogens is 298 g/mol. The van der Waals surface area contributed by atoms with E-state index in [1.807, 2.05) is 18.3 Å². The lowest BCUT2D eigenvalue weighted by atomic mass is 10.0. The maximum Gasteiger partial charge on any atom is 0.223 e. The van der Waals surface area contributed by atoms with E-state index in [-0.39, 0.29) is 6.04 Å². The minimum absolute atomic E-state index is 0.190. The van der Waals surface area contributed by atoms with E-state index in [9.17, 15) is 0 Å². The van der Waals surface area contributed by atoms with Crippen LogP contribution in [0.2, 0.25) is 0 Å². The molecule has 0 saturated carbocycles. The van der Waals surface area contributed by atoms with E-state index < -0.39 is 0 Å². The molecule has 3 rings (SSSR count). The van der Waals surface area contributed by atoms with E-state index in [4.69, 9.17) is 0 Å². The fraction of sp³-hybridized carbons (Fsp3) is 0.316. The van der Waals surface area contributed by atoms with Crippen LogP contribution in [-0.4, -0.2) is 20.2 Å². The molecule has 5 heteroatoms. The molecule has 2 N–H and O–H groups in total. The first-order valence-corrected chi connectivity index (χ1v) is 8.37. The zero-order chi connectivity index (χ0) is 16.9. The summed E-state index contributed by atoms with van der Waals surface area (Å²) in [5, 5.41) is 10.7. The highest BCUT2D eigenvalue weighted by atomic mass is 15.1. The smallest absolute Gasteiger partial charge is 0.223 e. The van der Waals surface area contributed by atoms with Crippen molar-refractivity contribution >= 4 is 5.95 Å². The van der Waals surface area contributed by atoms with Gasteiger partial charge in [-0.1, -0.05) is 51.1 Å². The van der Waals surface area contributed by atoms with Crippen LogP contribution in [0.5, 0.6) is 0 Å². The molecule has 2 heterocycles. The van der Waals surface area contributed by atoms with E-state index in [0.29, 0.717) is 11.9 Å². The number of nitrogens with one attached hydrogen (secondary N) is 2. The molecule has 0 fully saturated rings. The predicted molar refractivity (Wildman–Crippen MR) is 96.8 cm³/mol. The van der Waals surface area contributed by atoms with Gasteiger partial charge < -0.3 is 5.32 Å². The first kappa shape index (κ1) is 16.2. The van der Waals surface area contributed by atoms with Crippen LogP contribution < -0.4 is 5.32 Å². The first-order valence-electron chi connectivity index (χ1n) is 8.37. The maximum atomic E-state index is 4.69. The Bertz CT molecular complexity index is 779. The maximum absolute atomic E-state index is 4.69. The molecular formula is C19H23N5. The molecule has 0 aliphatic heterocycles. The van der Waals surface area contributed by atoms with Gasteiger partial charge in [0.15, 0.2) is 0 Å². The molecule has 3 aromatic rings. The Morgan fingerprint density at radius 3 is 2.62 bits per heavy atom. The quantitative estimate of drug-likeness (QED) is 0.699. The third-order valence-electron chi connectivity index (χ3n) is 4.06. The lowest BCUT2D eigenvalue weighted by molar-refractivity contribution is 0.738. The zero-order valence-electron chi connectivity index (χ0n) is 14.3. The van der Waals surface area contributed by atoms with Crippen molar-refractivity contribution in [1.82, 2.24) is 20.2 Å². The molecule has 0 bridgehead atoms. The van der Waals surface area contributed by atoms with Crippen LogP contribution in [0.25, 0.3) is 11.3 Å². The molecule has 2 aromatic heterocycles. The Kier molecular flexibility index (Phi) is 4.89. The Morgan fingerprint density at radius 2 is 1.92 bits per heavy atom. The van der Waals surface area contributed by atoms with Crippen LogP contribution in [0, 0.1) is 0 Å². The fourth-order valence-corrected chi connectivity index (χ4v) is 2.79. The highest BCUT2D eigenvalue weighted by Crippen LogP contribution is 2.27. The van der Waals surface area contributed by atoms with Gasteiger partial charge in [0.1, 0.15) is 0 Å². The van der Waals surface area contributed by atoms with Crippen LogP contribution in [-0.2, 0) is 0 Å². The lowest BCUT2D eigenvalue weighted by Crippen LogP contribution is -2.12. The number of benzene rings is 1. The van der Waals surface area contributed by atoms with Crippen molar-refractivity contribution in [3.63, 3.8) is 0 Å². The Hall–Kier alpha value is -2.69. The van der Waals surface area contributed by atoms with Crippen molar-refractivity contribution in [1.29, 1.82) is 0 Å². The molecule has 24 heavy (non-hydrogen) atoms. The van der Waals surface area contributed by atoms with Crippen LogP contribution in [0.1, 0.15) is 50.4 Å². The Morgan fingerprint density at radius 1 is 1.12 bits per heavy atom. The van der Waals surface area contributed by atoms with Crippen LogP contribution in [0.15, 0.2) is 48.8 Å². The highest BCUT2D eigenvalue weighted by molar-refractivity contribution is 5.62. The molecule has 5 nitrogen and oxygen atoms in total. The van der Waals surface area contributed by atoms with Crippen molar-refractivity contribution in [3.05, 3.63) is 60.0 Å². The lowest BCUT2D eigenvalue weighted by Gasteiger charge is -2.17. The average Bonchev–Trinajstić information content (AvgIpc) is 3.11. The molecule has 124 valence electrons. The molecule has 1 unspecified atom stereocenters. The summed E-state index contributed by atoms with van der Waals surface area (Å²) in [5.74, 6) is 0.976. The molecule has 0 spiro atoms. The van der Waals surface area contributed by atoms with Crippen molar-refractivity contribution < 1.29 is 0 Å². The van der Waals surface area contributed by atoms with Gasteiger partial charge in [-0.3, -0.25) is 5.10 Å². The van der Waals surface area contributed by atoms with E-state index >= 15 is 0 Å². The van der Waals surface area contributed by atoms with Gasteiger partial charge in [0.2, 0.25) is 5.95 Å². The second-order valence-electron chi connectivity index (χ2n) is 6.12. The van der Waals surface area contributed by atoms with Gasteiger partial charge in [-0.2, -0.15) is 5.10 Å². The monoisotopic (exact) mass is 321 g/mol. The van der Waals surface area contributed by atoms with Crippen molar-refractivity contribution in [2.45, 2.75) is 39.2 Å². The SMILES string of the molecule is CCC(Nc1nccc(-c2c[nH]nc2C(C)C)n1)c1ccccc1. The molecule has 1 atom stereocenters. The summed E-state index contributed by atoms with van der Waals surface area (Å²) in [7, 11) is 0. The number of hydrogen-bond acceptors (Lipinski definition) is 4. The van der Waals surface area contributed by atoms with E-state index in [0.717, 1.165) is 23.4 Å². The van der Waals surface area contributed by atoms with Crippen LogP contribution in [0.3, 0.4) is 0 Å². The average molecular weight is 321 g/mol.